The predicted molar refractivity (Wildman–Crippen MR) is 118 cm³/mol. The van der Waals surface area contributed by atoms with E-state index in [9.17, 15) is 19.1 Å². The number of hydrogen-bond donors (Lipinski definition) is 1. The maximum Gasteiger partial charge on any atom is 0.232 e. The fourth-order valence-corrected chi connectivity index (χ4v) is 4.85. The second-order valence-electron chi connectivity index (χ2n) is 9.32. The lowest BCUT2D eigenvalue weighted by Crippen LogP contribution is -2.38. The molecule has 2 saturated heterocycles. The summed E-state index contributed by atoms with van der Waals surface area (Å²) in [6.45, 7) is 4.61. The van der Waals surface area contributed by atoms with Gasteiger partial charge in [0.2, 0.25) is 11.8 Å². The first-order valence-electron chi connectivity index (χ1n) is 10.8. The molecule has 2 unspecified atom stereocenters. The first kappa shape index (κ1) is 20.6. The highest BCUT2D eigenvalue weighted by molar-refractivity contribution is 6.05. The molecule has 0 saturated carbocycles. The lowest BCUT2D eigenvalue weighted by molar-refractivity contribution is -0.134. The van der Waals surface area contributed by atoms with Crippen molar-refractivity contribution in [2.45, 2.75) is 25.9 Å². The Hall–Kier alpha value is -3.26. The number of rotatable bonds is 4. The van der Waals surface area contributed by atoms with Crippen LogP contribution >= 0.6 is 0 Å². The third-order valence-corrected chi connectivity index (χ3v) is 6.34. The number of halogens is 1. The topological polar surface area (TPSA) is 78.7 Å². The Morgan fingerprint density at radius 3 is 2.59 bits per heavy atom. The Morgan fingerprint density at radius 1 is 1.12 bits per heavy atom. The number of para-hydroxylation sites is 1. The second kappa shape index (κ2) is 7.41. The SMILES string of the molecule is CC(C)(O)CC(=O)N1CC2CN(c3cccc4c3cnn4-c3ccccc3F)C(=O)C2C1. The maximum atomic E-state index is 14.3. The van der Waals surface area contributed by atoms with Crippen molar-refractivity contribution in [3.63, 3.8) is 0 Å². The lowest BCUT2D eigenvalue weighted by atomic mass is 10.0. The van der Waals surface area contributed by atoms with E-state index in [-0.39, 0.29) is 35.9 Å². The smallest absolute Gasteiger partial charge is 0.232 e. The molecule has 8 heteroatoms. The Balaban J connectivity index is 1.41. The third kappa shape index (κ3) is 3.44. The van der Waals surface area contributed by atoms with Gasteiger partial charge in [0.1, 0.15) is 11.5 Å². The van der Waals surface area contributed by atoms with Crippen molar-refractivity contribution < 1.29 is 19.1 Å². The van der Waals surface area contributed by atoms with Crippen molar-refractivity contribution >= 4 is 28.4 Å². The van der Waals surface area contributed by atoms with Crippen molar-refractivity contribution in [3.8, 4) is 5.69 Å². The molecular weight excluding hydrogens is 411 g/mol. The molecule has 0 radical (unpaired) electrons. The van der Waals surface area contributed by atoms with Gasteiger partial charge in [-0.3, -0.25) is 9.59 Å². The number of nitrogens with zero attached hydrogens (tertiary/aromatic N) is 4. The molecule has 0 bridgehead atoms. The molecule has 2 fully saturated rings. The van der Waals surface area contributed by atoms with E-state index in [2.05, 4.69) is 5.10 Å². The van der Waals surface area contributed by atoms with E-state index in [0.717, 1.165) is 16.6 Å². The summed E-state index contributed by atoms with van der Waals surface area (Å²) in [7, 11) is 0. The van der Waals surface area contributed by atoms with Crippen molar-refractivity contribution in [2.75, 3.05) is 24.5 Å². The molecule has 2 atom stereocenters. The van der Waals surface area contributed by atoms with E-state index >= 15 is 0 Å². The first-order valence-corrected chi connectivity index (χ1v) is 10.8. The fourth-order valence-electron chi connectivity index (χ4n) is 4.85. The number of aliphatic hydroxyl groups is 1. The molecule has 32 heavy (non-hydrogen) atoms. The van der Waals surface area contributed by atoms with Gasteiger partial charge < -0.3 is 14.9 Å². The molecule has 1 aromatic heterocycles. The first-order chi connectivity index (χ1) is 15.2. The van der Waals surface area contributed by atoms with Gasteiger partial charge in [-0.05, 0) is 38.1 Å². The van der Waals surface area contributed by atoms with E-state index in [4.69, 9.17) is 0 Å². The molecule has 1 N–H and O–H groups in total. The number of benzene rings is 2. The molecule has 166 valence electrons. The van der Waals surface area contributed by atoms with Crippen LogP contribution in [0.2, 0.25) is 0 Å². The monoisotopic (exact) mass is 436 g/mol. The zero-order chi connectivity index (χ0) is 22.6. The summed E-state index contributed by atoms with van der Waals surface area (Å²) in [6, 6.07) is 12.0. The molecule has 0 spiro atoms. The number of anilines is 1. The maximum absolute atomic E-state index is 14.3. The van der Waals surface area contributed by atoms with E-state index in [1.54, 1.807) is 52.7 Å². The predicted octanol–water partition coefficient (Wildman–Crippen LogP) is 2.75. The minimum absolute atomic E-state index is 0.0142. The van der Waals surface area contributed by atoms with Crippen LogP contribution in [0.15, 0.2) is 48.7 Å². The third-order valence-electron chi connectivity index (χ3n) is 6.34. The van der Waals surface area contributed by atoms with Gasteiger partial charge in [0.15, 0.2) is 0 Å². The van der Waals surface area contributed by atoms with Crippen molar-refractivity contribution in [2.24, 2.45) is 11.8 Å². The summed E-state index contributed by atoms with van der Waals surface area (Å²) in [5.74, 6) is -0.715. The van der Waals surface area contributed by atoms with Crippen LogP contribution in [-0.4, -0.2) is 56.8 Å². The summed E-state index contributed by atoms with van der Waals surface area (Å²) in [5, 5.41) is 15.1. The van der Waals surface area contributed by atoms with E-state index in [0.29, 0.717) is 25.3 Å². The van der Waals surface area contributed by atoms with Crippen molar-refractivity contribution in [3.05, 3.63) is 54.5 Å². The molecule has 2 amide bonds. The Kier molecular flexibility index (Phi) is 4.78. The van der Waals surface area contributed by atoms with Gasteiger partial charge in [0.25, 0.3) is 0 Å². The molecule has 3 heterocycles. The minimum Gasteiger partial charge on any atom is -0.390 e. The molecule has 2 aliphatic heterocycles. The van der Waals surface area contributed by atoms with Gasteiger partial charge in [-0.15, -0.1) is 0 Å². The highest BCUT2D eigenvalue weighted by atomic mass is 19.1. The average molecular weight is 436 g/mol. The summed E-state index contributed by atoms with van der Waals surface area (Å²) in [6.07, 6.45) is 1.70. The lowest BCUT2D eigenvalue weighted by Gasteiger charge is -2.25. The molecule has 0 aliphatic carbocycles. The van der Waals surface area contributed by atoms with Gasteiger partial charge in [0.05, 0.1) is 35.3 Å². The average Bonchev–Trinajstić information content (AvgIpc) is 3.41. The number of likely N-dealkylation sites (tertiary alicyclic amines) is 1. The Morgan fingerprint density at radius 2 is 1.88 bits per heavy atom. The Bertz CT molecular complexity index is 1220. The van der Waals surface area contributed by atoms with Gasteiger partial charge in [-0.1, -0.05) is 18.2 Å². The summed E-state index contributed by atoms with van der Waals surface area (Å²) >= 11 is 0. The van der Waals surface area contributed by atoms with Crippen molar-refractivity contribution in [1.82, 2.24) is 14.7 Å². The number of aromatic nitrogens is 2. The number of hydrogen-bond acceptors (Lipinski definition) is 4. The van der Waals surface area contributed by atoms with Crippen LogP contribution in [0.3, 0.4) is 0 Å². The summed E-state index contributed by atoms with van der Waals surface area (Å²) in [4.78, 5) is 29.2. The largest absolute Gasteiger partial charge is 0.390 e. The molecule has 2 aromatic carbocycles. The van der Waals surface area contributed by atoms with Gasteiger partial charge in [-0.25, -0.2) is 9.07 Å². The molecule has 5 rings (SSSR count). The van der Waals surface area contributed by atoms with Crippen LogP contribution in [0, 0.1) is 17.7 Å². The van der Waals surface area contributed by atoms with E-state index in [1.165, 1.54) is 6.07 Å². The van der Waals surface area contributed by atoms with E-state index in [1.807, 2.05) is 18.2 Å². The number of fused-ring (bicyclic) bond motifs is 2. The number of carbonyl (C=O) groups excluding carboxylic acids is 2. The van der Waals surface area contributed by atoms with Crippen LogP contribution in [-0.2, 0) is 9.59 Å². The highest BCUT2D eigenvalue weighted by Crippen LogP contribution is 2.38. The molecule has 3 aromatic rings. The van der Waals surface area contributed by atoms with Crippen LogP contribution in [0.25, 0.3) is 16.6 Å². The summed E-state index contributed by atoms with van der Waals surface area (Å²) < 4.78 is 15.9. The van der Waals surface area contributed by atoms with Gasteiger partial charge >= 0.3 is 0 Å². The fraction of sp³-hybridized carbons (Fsp3) is 0.375. The normalized spacial score (nSPS) is 20.9. The van der Waals surface area contributed by atoms with Crippen LogP contribution < -0.4 is 4.90 Å². The van der Waals surface area contributed by atoms with Crippen LogP contribution in [0.5, 0.6) is 0 Å². The molecular formula is C24H25FN4O3. The van der Waals surface area contributed by atoms with Gasteiger partial charge in [-0.2, -0.15) is 5.10 Å². The van der Waals surface area contributed by atoms with Gasteiger partial charge in [0, 0.05) is 30.9 Å². The number of carbonyl (C=O) groups is 2. The summed E-state index contributed by atoms with van der Waals surface area (Å²) in [5.41, 5.74) is 0.752. The van der Waals surface area contributed by atoms with Crippen LogP contribution in [0.1, 0.15) is 20.3 Å². The Labute approximate surface area is 185 Å². The quantitative estimate of drug-likeness (QED) is 0.682. The standard InChI is InChI=1S/C24H25FN4O3/c1-24(2,32)10-22(30)27-12-15-13-28(23(31)17(15)14-27)19-8-5-9-20-16(19)11-26-29(20)21-7-4-3-6-18(21)25/h3-9,11,15,17,32H,10,12-14H2,1-2H3. The molecule has 2 aliphatic rings. The molecule has 7 nitrogen and oxygen atoms in total. The second-order valence-corrected chi connectivity index (χ2v) is 9.32. The highest BCUT2D eigenvalue weighted by Gasteiger charge is 2.48. The minimum atomic E-state index is -1.07. The van der Waals surface area contributed by atoms with Crippen LogP contribution in [0.4, 0.5) is 10.1 Å². The van der Waals surface area contributed by atoms with E-state index < -0.39 is 5.60 Å². The zero-order valence-electron chi connectivity index (χ0n) is 18.0. The number of amides is 2. The van der Waals surface area contributed by atoms with Crippen molar-refractivity contribution in [1.29, 1.82) is 0 Å². The zero-order valence-corrected chi connectivity index (χ0v) is 18.0.